The van der Waals surface area contributed by atoms with Crippen LogP contribution in [0, 0.1) is 6.92 Å². The second-order valence-corrected chi connectivity index (χ2v) is 6.24. The van der Waals surface area contributed by atoms with E-state index in [4.69, 9.17) is 0 Å². The number of rotatable bonds is 5. The third-order valence-corrected chi connectivity index (χ3v) is 4.99. The molecule has 0 unspecified atom stereocenters. The molecule has 0 aliphatic rings. The minimum absolute atomic E-state index is 0.331. The van der Waals surface area contributed by atoms with Crippen LogP contribution >= 0.6 is 11.3 Å². The lowest BCUT2D eigenvalue weighted by Gasteiger charge is -2.23. The minimum atomic E-state index is -0.914. The topological polar surface area (TPSA) is 66.3 Å². The normalized spacial score (nSPS) is 10.9. The van der Waals surface area contributed by atoms with E-state index in [-0.39, 0.29) is 0 Å². The van der Waals surface area contributed by atoms with Gasteiger partial charge in [-0.2, -0.15) is 0 Å². The number of thiophene rings is 1. The average Bonchev–Trinajstić information content (AvgIpc) is 2.91. The maximum absolute atomic E-state index is 11.4. The number of aromatic carboxylic acids is 1. The van der Waals surface area contributed by atoms with Gasteiger partial charge in [0, 0.05) is 13.1 Å². The first kappa shape index (κ1) is 15.4. The number of carboxylic acids is 1. The number of carbonyl (C=O) groups is 1. The first-order chi connectivity index (χ1) is 11.1. The number of aromatic nitrogens is 2. The van der Waals surface area contributed by atoms with Gasteiger partial charge < -0.3 is 10.0 Å². The van der Waals surface area contributed by atoms with E-state index in [1.54, 1.807) is 0 Å². The van der Waals surface area contributed by atoms with Crippen molar-refractivity contribution in [1.82, 2.24) is 9.97 Å². The molecule has 0 amide bonds. The summed E-state index contributed by atoms with van der Waals surface area (Å²) in [4.78, 5) is 23.3. The van der Waals surface area contributed by atoms with Crippen molar-refractivity contribution in [2.75, 3.05) is 11.4 Å². The van der Waals surface area contributed by atoms with Gasteiger partial charge in [-0.05, 0) is 25.0 Å². The summed E-state index contributed by atoms with van der Waals surface area (Å²) in [5.74, 6) is -0.120. The van der Waals surface area contributed by atoms with Crippen LogP contribution in [0.3, 0.4) is 0 Å². The first-order valence-electron chi connectivity index (χ1n) is 7.38. The minimum Gasteiger partial charge on any atom is -0.477 e. The third kappa shape index (κ3) is 2.90. The molecule has 0 fully saturated rings. The van der Waals surface area contributed by atoms with Crippen LogP contribution in [0.5, 0.6) is 0 Å². The van der Waals surface area contributed by atoms with Crippen LogP contribution in [0.15, 0.2) is 36.7 Å². The van der Waals surface area contributed by atoms with E-state index in [1.807, 2.05) is 25.1 Å². The number of nitrogens with zero attached hydrogens (tertiary/aromatic N) is 3. The van der Waals surface area contributed by atoms with Crippen LogP contribution in [0.25, 0.3) is 10.2 Å². The number of carboxylic acid groups (broad SMARTS) is 1. The number of anilines is 1. The highest BCUT2D eigenvalue weighted by molar-refractivity contribution is 7.20. The Morgan fingerprint density at radius 3 is 2.65 bits per heavy atom. The van der Waals surface area contributed by atoms with Gasteiger partial charge in [0.2, 0.25) is 0 Å². The van der Waals surface area contributed by atoms with Gasteiger partial charge in [0.15, 0.2) is 0 Å². The van der Waals surface area contributed by atoms with E-state index in [0.29, 0.717) is 4.88 Å². The monoisotopic (exact) mass is 327 g/mol. The summed E-state index contributed by atoms with van der Waals surface area (Å²) in [6, 6.07) is 10.2. The SMILES string of the molecule is CCN(Cc1ccccc1)c1ncnc2sc(C(=O)O)c(C)c12. The molecule has 0 saturated heterocycles. The van der Waals surface area contributed by atoms with Gasteiger partial charge in [-0.3, -0.25) is 0 Å². The van der Waals surface area contributed by atoms with E-state index < -0.39 is 5.97 Å². The van der Waals surface area contributed by atoms with Crippen LogP contribution in [0.4, 0.5) is 5.82 Å². The lowest BCUT2D eigenvalue weighted by Crippen LogP contribution is -2.23. The fourth-order valence-corrected chi connectivity index (χ4v) is 3.62. The highest BCUT2D eigenvalue weighted by Crippen LogP contribution is 2.35. The Morgan fingerprint density at radius 1 is 1.26 bits per heavy atom. The molecule has 118 valence electrons. The van der Waals surface area contributed by atoms with Crippen molar-refractivity contribution in [3.05, 3.63) is 52.7 Å². The van der Waals surface area contributed by atoms with E-state index >= 15 is 0 Å². The van der Waals surface area contributed by atoms with E-state index in [9.17, 15) is 9.90 Å². The molecule has 2 aromatic heterocycles. The fourth-order valence-electron chi connectivity index (χ4n) is 2.64. The smallest absolute Gasteiger partial charge is 0.346 e. The van der Waals surface area contributed by atoms with E-state index in [1.165, 1.54) is 23.2 Å². The standard InChI is InChI=1S/C17H17N3O2S/c1-3-20(9-12-7-5-4-6-8-12)15-13-11(2)14(17(21)22)23-16(13)19-10-18-15/h4-8,10H,3,9H2,1-2H3,(H,21,22). The number of hydrogen-bond donors (Lipinski definition) is 1. The molecule has 1 aromatic carbocycles. The average molecular weight is 327 g/mol. The maximum Gasteiger partial charge on any atom is 0.346 e. The van der Waals surface area contributed by atoms with Crippen molar-refractivity contribution < 1.29 is 9.90 Å². The van der Waals surface area contributed by atoms with Gasteiger partial charge in [0.05, 0.1) is 5.39 Å². The Hall–Kier alpha value is -2.47. The molecule has 0 aliphatic heterocycles. The molecule has 5 nitrogen and oxygen atoms in total. The Kier molecular flexibility index (Phi) is 4.25. The molecule has 6 heteroatoms. The molecule has 3 aromatic rings. The van der Waals surface area contributed by atoms with Crippen molar-refractivity contribution in [3.8, 4) is 0 Å². The summed E-state index contributed by atoms with van der Waals surface area (Å²) in [7, 11) is 0. The fraction of sp³-hybridized carbons (Fsp3) is 0.235. The summed E-state index contributed by atoms with van der Waals surface area (Å²) in [5, 5.41) is 10.2. The van der Waals surface area contributed by atoms with Gasteiger partial charge >= 0.3 is 5.97 Å². The maximum atomic E-state index is 11.4. The van der Waals surface area contributed by atoms with Crippen LogP contribution in [-0.4, -0.2) is 27.6 Å². The molecule has 0 atom stereocenters. The second kappa shape index (κ2) is 6.34. The van der Waals surface area contributed by atoms with Crippen molar-refractivity contribution in [3.63, 3.8) is 0 Å². The third-order valence-electron chi connectivity index (χ3n) is 3.80. The van der Waals surface area contributed by atoms with Crippen molar-refractivity contribution in [2.45, 2.75) is 20.4 Å². The van der Waals surface area contributed by atoms with Gasteiger partial charge in [0.1, 0.15) is 21.9 Å². The van der Waals surface area contributed by atoms with E-state index in [2.05, 4.69) is 33.9 Å². The number of benzene rings is 1. The Morgan fingerprint density at radius 2 is 2.00 bits per heavy atom. The quantitative estimate of drug-likeness (QED) is 0.773. The molecular weight excluding hydrogens is 310 g/mol. The first-order valence-corrected chi connectivity index (χ1v) is 8.19. The zero-order chi connectivity index (χ0) is 16.4. The lowest BCUT2D eigenvalue weighted by molar-refractivity contribution is 0.0701. The molecule has 3 rings (SSSR count). The van der Waals surface area contributed by atoms with Crippen LogP contribution in [0.2, 0.25) is 0 Å². The van der Waals surface area contributed by atoms with Gasteiger partial charge in [0.25, 0.3) is 0 Å². The predicted molar refractivity (Wildman–Crippen MR) is 92.3 cm³/mol. The predicted octanol–water partition coefficient (Wildman–Crippen LogP) is 3.72. The number of hydrogen-bond acceptors (Lipinski definition) is 5. The molecule has 0 aliphatic carbocycles. The summed E-state index contributed by atoms with van der Waals surface area (Å²) in [5.41, 5.74) is 1.92. The molecule has 0 radical (unpaired) electrons. The number of aryl methyl sites for hydroxylation is 1. The summed E-state index contributed by atoms with van der Waals surface area (Å²) in [6.45, 7) is 5.39. The van der Waals surface area contributed by atoms with Crippen LogP contribution in [0.1, 0.15) is 27.7 Å². The molecule has 0 spiro atoms. The summed E-state index contributed by atoms with van der Waals surface area (Å²) >= 11 is 1.20. The Balaban J connectivity index is 2.08. The van der Waals surface area contributed by atoms with Crippen molar-refractivity contribution in [1.29, 1.82) is 0 Å². The molecule has 0 bridgehead atoms. The summed E-state index contributed by atoms with van der Waals surface area (Å²) < 4.78 is 0. The lowest BCUT2D eigenvalue weighted by atomic mass is 10.1. The molecule has 2 heterocycles. The van der Waals surface area contributed by atoms with Gasteiger partial charge in [-0.25, -0.2) is 14.8 Å². The molecule has 23 heavy (non-hydrogen) atoms. The van der Waals surface area contributed by atoms with Gasteiger partial charge in [-0.1, -0.05) is 30.3 Å². The van der Waals surface area contributed by atoms with Crippen LogP contribution in [-0.2, 0) is 6.54 Å². The molecule has 0 saturated carbocycles. The highest BCUT2D eigenvalue weighted by Gasteiger charge is 2.21. The van der Waals surface area contributed by atoms with E-state index in [0.717, 1.165) is 34.7 Å². The zero-order valence-electron chi connectivity index (χ0n) is 13.0. The molecule has 1 N–H and O–H groups in total. The van der Waals surface area contributed by atoms with Crippen LogP contribution < -0.4 is 4.90 Å². The van der Waals surface area contributed by atoms with Gasteiger partial charge in [-0.15, -0.1) is 11.3 Å². The Labute approximate surface area is 138 Å². The van der Waals surface area contributed by atoms with Crippen molar-refractivity contribution in [2.24, 2.45) is 0 Å². The largest absolute Gasteiger partial charge is 0.477 e. The molecular formula is C17H17N3O2S. The Bertz CT molecular complexity index is 846. The number of fused-ring (bicyclic) bond motifs is 1. The highest BCUT2D eigenvalue weighted by atomic mass is 32.1. The zero-order valence-corrected chi connectivity index (χ0v) is 13.8. The second-order valence-electron chi connectivity index (χ2n) is 5.24. The van der Waals surface area contributed by atoms with Crippen molar-refractivity contribution >= 4 is 33.3 Å². The summed E-state index contributed by atoms with van der Waals surface area (Å²) in [6.07, 6.45) is 1.51.